The normalized spacial score (nSPS) is 11.1. The lowest BCUT2D eigenvalue weighted by atomic mass is 10.2. The van der Waals surface area contributed by atoms with Gasteiger partial charge >= 0.3 is 0 Å². The molecule has 7 heteroatoms. The fraction of sp³-hybridized carbons (Fsp3) is 0.292. The van der Waals surface area contributed by atoms with Crippen LogP contribution >= 0.6 is 23.1 Å². The van der Waals surface area contributed by atoms with E-state index in [-0.39, 0.29) is 0 Å². The van der Waals surface area contributed by atoms with Gasteiger partial charge in [-0.05, 0) is 37.6 Å². The average Bonchev–Trinajstić information content (AvgIpc) is 3.40. The van der Waals surface area contributed by atoms with E-state index in [9.17, 15) is 0 Å². The van der Waals surface area contributed by atoms with Gasteiger partial charge in [0, 0.05) is 29.3 Å². The smallest absolute Gasteiger partial charge is 0.191 e. The highest BCUT2D eigenvalue weighted by Gasteiger charge is 2.13. The van der Waals surface area contributed by atoms with E-state index in [0.717, 1.165) is 63.8 Å². The first-order valence-electron chi connectivity index (χ1n) is 10.4. The van der Waals surface area contributed by atoms with Gasteiger partial charge in [-0.15, -0.1) is 21.5 Å². The Bertz CT molecular complexity index is 1120. The van der Waals surface area contributed by atoms with Crippen LogP contribution in [0.2, 0.25) is 0 Å². The summed E-state index contributed by atoms with van der Waals surface area (Å²) in [5, 5.41) is 12.8. The number of aromatic nitrogens is 4. The first kappa shape index (κ1) is 21.6. The van der Waals surface area contributed by atoms with Crippen LogP contribution in [0.15, 0.2) is 59.1 Å². The van der Waals surface area contributed by atoms with Gasteiger partial charge in [-0.3, -0.25) is 0 Å². The summed E-state index contributed by atoms with van der Waals surface area (Å²) in [7, 11) is 2.00. The summed E-state index contributed by atoms with van der Waals surface area (Å²) in [6.45, 7) is 5.01. The van der Waals surface area contributed by atoms with Crippen molar-refractivity contribution in [3.63, 3.8) is 0 Å². The molecule has 0 saturated heterocycles. The first-order chi connectivity index (χ1) is 15.1. The number of benzene rings is 2. The fourth-order valence-electron chi connectivity index (χ4n) is 3.07. The van der Waals surface area contributed by atoms with Gasteiger partial charge in [-0.1, -0.05) is 54.9 Å². The van der Waals surface area contributed by atoms with Crippen LogP contribution in [0.5, 0.6) is 5.75 Å². The lowest BCUT2D eigenvalue weighted by Crippen LogP contribution is -1.97. The largest absolute Gasteiger partial charge is 0.494 e. The zero-order chi connectivity index (χ0) is 21.6. The maximum absolute atomic E-state index is 5.75. The molecular formula is C24H26N4OS2. The van der Waals surface area contributed by atoms with Gasteiger partial charge in [-0.2, -0.15) is 0 Å². The van der Waals surface area contributed by atoms with Crippen LogP contribution in [0.3, 0.4) is 0 Å². The van der Waals surface area contributed by atoms with Crippen LogP contribution in [0.1, 0.15) is 31.0 Å². The molecule has 4 aromatic rings. The van der Waals surface area contributed by atoms with Gasteiger partial charge in [0.2, 0.25) is 0 Å². The lowest BCUT2D eigenvalue weighted by molar-refractivity contribution is 0.309. The average molecular weight is 451 g/mol. The molecule has 0 aliphatic carbocycles. The molecule has 2 aromatic heterocycles. The SMILES string of the molecule is CCCCOc1ccc(-c2nnc(SCc3csc(-c4ccc(C)cc4)n3)n2C)cc1. The number of unbranched alkanes of at least 4 members (excludes halogenated alkanes) is 1. The predicted octanol–water partition coefficient (Wildman–Crippen LogP) is 6.39. The van der Waals surface area contributed by atoms with Crippen molar-refractivity contribution in [2.24, 2.45) is 7.05 Å². The minimum Gasteiger partial charge on any atom is -0.494 e. The number of nitrogens with zero attached hydrogens (tertiary/aromatic N) is 4. The quantitative estimate of drug-likeness (QED) is 0.219. The highest BCUT2D eigenvalue weighted by atomic mass is 32.2. The minimum atomic E-state index is 0.753. The number of thiazole rings is 1. The number of hydrogen-bond acceptors (Lipinski definition) is 6. The summed E-state index contributed by atoms with van der Waals surface area (Å²) in [4.78, 5) is 4.79. The third-order valence-electron chi connectivity index (χ3n) is 4.91. The Balaban J connectivity index is 1.39. The molecule has 0 N–H and O–H groups in total. The van der Waals surface area contributed by atoms with Gasteiger partial charge < -0.3 is 9.30 Å². The molecule has 0 bridgehead atoms. The monoisotopic (exact) mass is 450 g/mol. The van der Waals surface area contributed by atoms with Crippen LogP contribution in [-0.4, -0.2) is 26.4 Å². The Morgan fingerprint density at radius 2 is 1.74 bits per heavy atom. The molecule has 0 aliphatic rings. The van der Waals surface area contributed by atoms with E-state index in [1.54, 1.807) is 23.1 Å². The summed E-state index contributed by atoms with van der Waals surface area (Å²) < 4.78 is 7.78. The number of aryl methyl sites for hydroxylation is 1. The van der Waals surface area contributed by atoms with Crippen molar-refractivity contribution in [1.82, 2.24) is 19.7 Å². The third-order valence-corrected chi connectivity index (χ3v) is 6.91. The Morgan fingerprint density at radius 3 is 2.48 bits per heavy atom. The second-order valence-corrected chi connectivity index (χ2v) is 9.19. The Morgan fingerprint density at radius 1 is 1.00 bits per heavy atom. The van der Waals surface area contributed by atoms with E-state index in [2.05, 4.69) is 53.7 Å². The number of rotatable bonds is 9. The van der Waals surface area contributed by atoms with Crippen molar-refractivity contribution in [2.45, 2.75) is 37.6 Å². The summed E-state index contributed by atoms with van der Waals surface area (Å²) >= 11 is 3.33. The molecule has 4 rings (SSSR count). The molecule has 2 aromatic carbocycles. The standard InChI is InChI=1S/C24H26N4OS2/c1-4-5-14-29-21-12-10-18(11-13-21)22-26-27-24(28(22)3)31-16-20-15-30-23(25-20)19-8-6-17(2)7-9-19/h6-13,15H,4-5,14,16H2,1-3H3. The third kappa shape index (κ3) is 5.35. The van der Waals surface area contributed by atoms with Crippen molar-refractivity contribution in [1.29, 1.82) is 0 Å². The Hall–Kier alpha value is -2.64. The lowest BCUT2D eigenvalue weighted by Gasteiger charge is -2.07. The Kier molecular flexibility index (Phi) is 7.04. The van der Waals surface area contributed by atoms with Crippen molar-refractivity contribution in [3.8, 4) is 27.7 Å². The zero-order valence-electron chi connectivity index (χ0n) is 18.0. The zero-order valence-corrected chi connectivity index (χ0v) is 19.7. The molecule has 0 spiro atoms. The van der Waals surface area contributed by atoms with Crippen molar-refractivity contribution in [2.75, 3.05) is 6.61 Å². The molecule has 31 heavy (non-hydrogen) atoms. The van der Waals surface area contributed by atoms with E-state index in [0.29, 0.717) is 0 Å². The second-order valence-electron chi connectivity index (χ2n) is 7.39. The van der Waals surface area contributed by atoms with Gasteiger partial charge in [0.05, 0.1) is 12.3 Å². The summed E-state index contributed by atoms with van der Waals surface area (Å²) in [5.41, 5.74) is 4.51. The predicted molar refractivity (Wildman–Crippen MR) is 129 cm³/mol. The molecule has 160 valence electrons. The molecule has 2 heterocycles. The summed E-state index contributed by atoms with van der Waals surface area (Å²) in [6, 6.07) is 16.6. The van der Waals surface area contributed by atoms with Crippen molar-refractivity contribution in [3.05, 3.63) is 65.2 Å². The van der Waals surface area contributed by atoms with Crippen LogP contribution in [-0.2, 0) is 12.8 Å². The minimum absolute atomic E-state index is 0.753. The van der Waals surface area contributed by atoms with Gasteiger partial charge in [0.15, 0.2) is 11.0 Å². The summed E-state index contributed by atoms with van der Waals surface area (Å²) in [5.74, 6) is 2.50. The molecule has 0 saturated carbocycles. The van der Waals surface area contributed by atoms with E-state index in [4.69, 9.17) is 9.72 Å². The van der Waals surface area contributed by atoms with Crippen LogP contribution in [0, 0.1) is 6.92 Å². The molecule has 0 fully saturated rings. The molecule has 0 unspecified atom stereocenters. The van der Waals surface area contributed by atoms with Crippen molar-refractivity contribution < 1.29 is 4.74 Å². The molecule has 0 atom stereocenters. The highest BCUT2D eigenvalue weighted by molar-refractivity contribution is 7.98. The van der Waals surface area contributed by atoms with Gasteiger partial charge in [-0.25, -0.2) is 4.98 Å². The van der Waals surface area contributed by atoms with Crippen LogP contribution < -0.4 is 4.74 Å². The fourth-order valence-corrected chi connectivity index (χ4v) is 4.80. The van der Waals surface area contributed by atoms with Gasteiger partial charge in [0.25, 0.3) is 0 Å². The first-order valence-corrected chi connectivity index (χ1v) is 12.3. The van der Waals surface area contributed by atoms with Crippen LogP contribution in [0.4, 0.5) is 0 Å². The van der Waals surface area contributed by atoms with E-state index in [1.165, 1.54) is 5.56 Å². The van der Waals surface area contributed by atoms with Crippen molar-refractivity contribution >= 4 is 23.1 Å². The molecule has 0 amide bonds. The highest BCUT2D eigenvalue weighted by Crippen LogP contribution is 2.29. The molecule has 5 nitrogen and oxygen atoms in total. The van der Waals surface area contributed by atoms with Crippen LogP contribution in [0.25, 0.3) is 22.0 Å². The van der Waals surface area contributed by atoms with Gasteiger partial charge in [0.1, 0.15) is 10.8 Å². The maximum atomic E-state index is 5.75. The van der Waals surface area contributed by atoms with E-state index >= 15 is 0 Å². The topological polar surface area (TPSA) is 52.8 Å². The molecular weight excluding hydrogens is 424 g/mol. The maximum Gasteiger partial charge on any atom is 0.191 e. The van der Waals surface area contributed by atoms with E-state index < -0.39 is 0 Å². The second kappa shape index (κ2) is 10.1. The molecule has 0 aliphatic heterocycles. The van der Waals surface area contributed by atoms with E-state index in [1.807, 2.05) is 35.9 Å². The Labute approximate surface area is 191 Å². The summed E-state index contributed by atoms with van der Waals surface area (Å²) in [6.07, 6.45) is 2.20. The molecule has 0 radical (unpaired) electrons. The number of thioether (sulfide) groups is 1. The number of hydrogen-bond donors (Lipinski definition) is 0. The number of ether oxygens (including phenoxy) is 1.